The smallest absolute Gasteiger partial charge is 0.102 e. The molecule has 1 N–H and O–H groups in total. The minimum Gasteiger partial charge on any atom is -1.00 e. The third kappa shape index (κ3) is 4.86. The van der Waals surface area contributed by atoms with Gasteiger partial charge in [-0.1, -0.05) is 18.2 Å². The molecule has 1 rings (SSSR count). The summed E-state index contributed by atoms with van der Waals surface area (Å²) in [5.41, 5.74) is 4.11. The van der Waals surface area contributed by atoms with Crippen molar-refractivity contribution in [3.05, 3.63) is 34.9 Å². The van der Waals surface area contributed by atoms with E-state index in [0.29, 0.717) is 6.04 Å². The molecule has 0 heterocycles. The molecule has 18 heavy (non-hydrogen) atoms. The van der Waals surface area contributed by atoms with E-state index in [1.807, 2.05) is 0 Å². The maximum absolute atomic E-state index is 9.08. The van der Waals surface area contributed by atoms with Crippen LogP contribution in [0.5, 0.6) is 0 Å². The van der Waals surface area contributed by atoms with Crippen molar-refractivity contribution in [3.63, 3.8) is 0 Å². The minimum absolute atomic E-state index is 0. The lowest BCUT2D eigenvalue weighted by atomic mass is 10.0. The SMILES string of the molecule is Cc1ccc(CC(C)[N+](C)(C)CCO)cc1C.[I-]. The Kier molecular flexibility index (Phi) is 7.40. The minimum atomic E-state index is 0. The molecule has 0 aliphatic carbocycles. The predicted octanol–water partition coefficient (Wildman–Crippen LogP) is -0.693. The van der Waals surface area contributed by atoms with E-state index in [-0.39, 0.29) is 30.6 Å². The van der Waals surface area contributed by atoms with Gasteiger partial charge in [0.25, 0.3) is 0 Å². The van der Waals surface area contributed by atoms with Gasteiger partial charge >= 0.3 is 0 Å². The summed E-state index contributed by atoms with van der Waals surface area (Å²) in [5, 5.41) is 9.08. The second-order valence-electron chi connectivity index (χ2n) is 5.70. The standard InChI is InChI=1S/C15H26NO.HI/c1-12-6-7-15(10-13(12)2)11-14(3)16(4,5)8-9-17;/h6-7,10,14,17H,8-9,11H2,1-5H3;1H/q+1;/p-1. The van der Waals surface area contributed by atoms with Crippen LogP contribution >= 0.6 is 0 Å². The molecule has 0 bridgehead atoms. The number of rotatable bonds is 5. The molecule has 0 aromatic heterocycles. The van der Waals surface area contributed by atoms with E-state index in [4.69, 9.17) is 5.11 Å². The summed E-state index contributed by atoms with van der Waals surface area (Å²) >= 11 is 0. The number of nitrogens with zero attached hydrogens (tertiary/aromatic N) is 1. The largest absolute Gasteiger partial charge is 1.00 e. The summed E-state index contributed by atoms with van der Waals surface area (Å²) in [6.07, 6.45) is 1.06. The number of hydrogen-bond acceptors (Lipinski definition) is 1. The predicted molar refractivity (Wildman–Crippen MR) is 73.1 cm³/mol. The molecule has 0 saturated heterocycles. The molecule has 3 heteroatoms. The number of aryl methyl sites for hydroxylation is 2. The maximum atomic E-state index is 9.08. The van der Waals surface area contributed by atoms with E-state index in [1.54, 1.807) is 0 Å². The van der Waals surface area contributed by atoms with E-state index >= 15 is 0 Å². The second kappa shape index (κ2) is 7.46. The van der Waals surface area contributed by atoms with Crippen LogP contribution in [0.15, 0.2) is 18.2 Å². The van der Waals surface area contributed by atoms with Crippen molar-refractivity contribution in [1.29, 1.82) is 0 Å². The number of benzene rings is 1. The average molecular weight is 363 g/mol. The molecule has 1 atom stereocenters. The van der Waals surface area contributed by atoms with E-state index in [2.05, 4.69) is 53.1 Å². The summed E-state index contributed by atoms with van der Waals surface area (Å²) in [6.45, 7) is 7.63. The van der Waals surface area contributed by atoms with Gasteiger partial charge < -0.3 is 33.6 Å². The number of likely N-dealkylation sites (N-methyl/N-ethyl adjacent to an activating group) is 1. The molecule has 1 aromatic rings. The summed E-state index contributed by atoms with van der Waals surface area (Å²) in [7, 11) is 4.36. The van der Waals surface area contributed by atoms with Crippen LogP contribution in [0.25, 0.3) is 0 Å². The van der Waals surface area contributed by atoms with Crippen molar-refractivity contribution < 1.29 is 33.6 Å². The van der Waals surface area contributed by atoms with Gasteiger partial charge in [0.05, 0.1) is 26.7 Å². The number of halogens is 1. The molecule has 0 radical (unpaired) electrons. The quantitative estimate of drug-likeness (QED) is 0.542. The van der Waals surface area contributed by atoms with Crippen molar-refractivity contribution in [3.8, 4) is 0 Å². The van der Waals surface area contributed by atoms with Crippen molar-refractivity contribution in [2.45, 2.75) is 33.2 Å². The Bertz CT molecular complexity index is 377. The average Bonchev–Trinajstić information content (AvgIpc) is 2.23. The lowest BCUT2D eigenvalue weighted by molar-refractivity contribution is -0.913. The number of aliphatic hydroxyl groups is 1. The molecule has 1 aromatic carbocycles. The lowest BCUT2D eigenvalue weighted by Gasteiger charge is -2.35. The Labute approximate surface area is 129 Å². The molecular weight excluding hydrogens is 337 g/mol. The highest BCUT2D eigenvalue weighted by molar-refractivity contribution is 5.30. The second-order valence-corrected chi connectivity index (χ2v) is 5.70. The highest BCUT2D eigenvalue weighted by Gasteiger charge is 2.23. The van der Waals surface area contributed by atoms with Gasteiger partial charge in [0, 0.05) is 6.42 Å². The molecule has 0 aliphatic rings. The Hall–Kier alpha value is -0.130. The monoisotopic (exact) mass is 363 g/mol. The number of hydrogen-bond donors (Lipinski definition) is 1. The van der Waals surface area contributed by atoms with Crippen LogP contribution in [0.2, 0.25) is 0 Å². The first kappa shape index (κ1) is 17.9. The topological polar surface area (TPSA) is 20.2 Å². The zero-order valence-electron chi connectivity index (χ0n) is 12.2. The van der Waals surface area contributed by atoms with Gasteiger partial charge in [-0.3, -0.25) is 0 Å². The molecule has 0 amide bonds. The molecular formula is C15H26INO. The van der Waals surface area contributed by atoms with Crippen LogP contribution in [-0.4, -0.2) is 42.9 Å². The molecule has 1 unspecified atom stereocenters. The fourth-order valence-corrected chi connectivity index (χ4v) is 2.00. The Balaban J connectivity index is 0.00000289. The van der Waals surface area contributed by atoms with Gasteiger partial charge in [-0.25, -0.2) is 0 Å². The van der Waals surface area contributed by atoms with Gasteiger partial charge in [-0.2, -0.15) is 0 Å². The van der Waals surface area contributed by atoms with Crippen LogP contribution in [0, 0.1) is 13.8 Å². The van der Waals surface area contributed by atoms with E-state index in [1.165, 1.54) is 16.7 Å². The Morgan fingerprint density at radius 3 is 2.28 bits per heavy atom. The number of quaternary nitrogens is 1. The molecule has 104 valence electrons. The van der Waals surface area contributed by atoms with E-state index in [9.17, 15) is 0 Å². The molecule has 2 nitrogen and oxygen atoms in total. The first-order valence-corrected chi connectivity index (χ1v) is 6.36. The van der Waals surface area contributed by atoms with Crippen LogP contribution in [-0.2, 0) is 6.42 Å². The summed E-state index contributed by atoms with van der Waals surface area (Å²) < 4.78 is 0.865. The van der Waals surface area contributed by atoms with Crippen LogP contribution in [0.4, 0.5) is 0 Å². The van der Waals surface area contributed by atoms with Gasteiger partial charge in [-0.05, 0) is 37.5 Å². The van der Waals surface area contributed by atoms with Crippen molar-refractivity contribution in [1.82, 2.24) is 0 Å². The third-order valence-corrected chi connectivity index (χ3v) is 3.97. The highest BCUT2D eigenvalue weighted by Crippen LogP contribution is 2.16. The molecule has 0 fully saturated rings. The number of aliphatic hydroxyl groups excluding tert-OH is 1. The van der Waals surface area contributed by atoms with Gasteiger partial charge in [0.15, 0.2) is 0 Å². The van der Waals surface area contributed by atoms with Crippen molar-refractivity contribution >= 4 is 0 Å². The normalized spacial score (nSPS) is 13.0. The fourth-order valence-electron chi connectivity index (χ4n) is 2.00. The van der Waals surface area contributed by atoms with E-state index < -0.39 is 0 Å². The summed E-state index contributed by atoms with van der Waals surface area (Å²) in [5.74, 6) is 0. The van der Waals surface area contributed by atoms with Gasteiger partial charge in [0.2, 0.25) is 0 Å². The zero-order chi connectivity index (χ0) is 13.1. The summed E-state index contributed by atoms with van der Waals surface area (Å²) in [6, 6.07) is 7.22. The zero-order valence-corrected chi connectivity index (χ0v) is 14.4. The van der Waals surface area contributed by atoms with Crippen LogP contribution in [0.1, 0.15) is 23.6 Å². The van der Waals surface area contributed by atoms with E-state index in [0.717, 1.165) is 17.4 Å². The Morgan fingerprint density at radius 2 is 1.78 bits per heavy atom. The Morgan fingerprint density at radius 1 is 1.17 bits per heavy atom. The molecule has 0 aliphatic heterocycles. The fraction of sp³-hybridized carbons (Fsp3) is 0.600. The molecule has 0 spiro atoms. The first-order valence-electron chi connectivity index (χ1n) is 6.36. The first-order chi connectivity index (χ1) is 7.86. The maximum Gasteiger partial charge on any atom is 0.102 e. The van der Waals surface area contributed by atoms with Crippen LogP contribution in [0.3, 0.4) is 0 Å². The van der Waals surface area contributed by atoms with Gasteiger partial charge in [-0.15, -0.1) is 0 Å². The third-order valence-electron chi connectivity index (χ3n) is 3.97. The highest BCUT2D eigenvalue weighted by atomic mass is 127. The lowest BCUT2D eigenvalue weighted by Crippen LogP contribution is -3.00. The van der Waals surface area contributed by atoms with Crippen molar-refractivity contribution in [2.75, 3.05) is 27.2 Å². The van der Waals surface area contributed by atoms with Crippen LogP contribution < -0.4 is 24.0 Å². The van der Waals surface area contributed by atoms with Crippen molar-refractivity contribution in [2.24, 2.45) is 0 Å². The summed E-state index contributed by atoms with van der Waals surface area (Å²) in [4.78, 5) is 0. The van der Waals surface area contributed by atoms with Gasteiger partial charge in [0.1, 0.15) is 6.54 Å². The molecule has 0 saturated carbocycles.